The molecule has 0 radical (unpaired) electrons. The second-order valence-corrected chi connectivity index (χ2v) is 8.99. The van der Waals surface area contributed by atoms with Gasteiger partial charge in [0.1, 0.15) is 0 Å². The van der Waals surface area contributed by atoms with Gasteiger partial charge in [0, 0.05) is 6.42 Å². The van der Waals surface area contributed by atoms with Gasteiger partial charge < -0.3 is 9.84 Å². The Kier molecular flexibility index (Phi) is 11.3. The molecule has 1 atom stereocenters. The summed E-state index contributed by atoms with van der Waals surface area (Å²) >= 11 is 0. The Labute approximate surface area is 193 Å². The summed E-state index contributed by atoms with van der Waals surface area (Å²) in [7, 11) is 0. The van der Waals surface area contributed by atoms with Crippen LogP contribution < -0.4 is 4.74 Å². The molecule has 0 fully saturated rings. The summed E-state index contributed by atoms with van der Waals surface area (Å²) in [4.78, 5) is 10.6. The molecule has 2 aromatic carbocycles. The predicted octanol–water partition coefficient (Wildman–Crippen LogP) is 7.45. The lowest BCUT2D eigenvalue weighted by atomic mass is 9.89. The highest BCUT2D eigenvalue weighted by atomic mass is 19.1. The number of aryl methyl sites for hydroxylation is 3. The molecule has 1 unspecified atom stereocenters. The van der Waals surface area contributed by atoms with Crippen molar-refractivity contribution in [2.24, 2.45) is 5.92 Å². The highest BCUT2D eigenvalue weighted by Crippen LogP contribution is 2.24. The molecular formula is C28H39FO3. The van der Waals surface area contributed by atoms with E-state index in [2.05, 4.69) is 39.0 Å². The van der Waals surface area contributed by atoms with Crippen molar-refractivity contribution in [1.29, 1.82) is 0 Å². The topological polar surface area (TPSA) is 46.5 Å². The van der Waals surface area contributed by atoms with Crippen LogP contribution in [0.3, 0.4) is 0 Å². The largest absolute Gasteiger partial charge is 0.491 e. The summed E-state index contributed by atoms with van der Waals surface area (Å²) in [5.41, 5.74) is 4.97. The van der Waals surface area contributed by atoms with Gasteiger partial charge in [0.25, 0.3) is 0 Å². The maximum atomic E-state index is 14.4. The molecule has 176 valence electrons. The summed E-state index contributed by atoms with van der Waals surface area (Å²) in [5.74, 6) is -0.193. The van der Waals surface area contributed by atoms with Gasteiger partial charge in [-0.2, -0.15) is 0 Å². The minimum atomic E-state index is -0.786. The standard InChI is InChI=1S/C28H39FO3/c1-4-5-9-23(19-25-14-13-21(2)22(3)18-25)11-8-17-32-27-16-15-24(20-26(27)29)10-6-7-12-28(30)31/h13-16,18,20,23H,4-12,17,19H2,1-3H3,(H,30,31). The predicted molar refractivity (Wildman–Crippen MR) is 129 cm³/mol. The van der Waals surface area contributed by atoms with E-state index in [1.54, 1.807) is 6.07 Å². The first-order valence-corrected chi connectivity index (χ1v) is 12.1. The van der Waals surface area contributed by atoms with E-state index < -0.39 is 5.97 Å². The number of hydrogen-bond donors (Lipinski definition) is 1. The lowest BCUT2D eigenvalue weighted by Gasteiger charge is -2.18. The van der Waals surface area contributed by atoms with Crippen LogP contribution in [0.15, 0.2) is 36.4 Å². The highest BCUT2D eigenvalue weighted by molar-refractivity contribution is 5.66. The number of rotatable bonds is 15. The molecule has 0 aliphatic rings. The molecule has 0 amide bonds. The van der Waals surface area contributed by atoms with Crippen molar-refractivity contribution in [1.82, 2.24) is 0 Å². The smallest absolute Gasteiger partial charge is 0.303 e. The maximum Gasteiger partial charge on any atom is 0.303 e. The van der Waals surface area contributed by atoms with E-state index >= 15 is 0 Å². The van der Waals surface area contributed by atoms with Crippen molar-refractivity contribution in [3.8, 4) is 5.75 Å². The first-order valence-electron chi connectivity index (χ1n) is 12.1. The molecule has 2 rings (SSSR count). The van der Waals surface area contributed by atoms with Crippen LogP contribution >= 0.6 is 0 Å². The Morgan fingerprint density at radius 2 is 1.72 bits per heavy atom. The zero-order chi connectivity index (χ0) is 23.3. The summed E-state index contributed by atoms with van der Waals surface area (Å²) < 4.78 is 20.1. The number of ether oxygens (including phenoxy) is 1. The van der Waals surface area contributed by atoms with Gasteiger partial charge in [-0.15, -0.1) is 0 Å². The first-order chi connectivity index (χ1) is 15.4. The number of benzene rings is 2. The number of carbonyl (C=O) groups is 1. The molecule has 4 heteroatoms. The van der Waals surface area contributed by atoms with Crippen molar-refractivity contribution < 1.29 is 19.0 Å². The Hall–Kier alpha value is -2.36. The average molecular weight is 443 g/mol. The molecule has 32 heavy (non-hydrogen) atoms. The van der Waals surface area contributed by atoms with Crippen LogP contribution in [0.25, 0.3) is 0 Å². The van der Waals surface area contributed by atoms with Crippen molar-refractivity contribution in [3.63, 3.8) is 0 Å². The SMILES string of the molecule is CCCCC(CCCOc1ccc(CCCCC(=O)O)cc1F)Cc1ccc(C)c(C)c1. The van der Waals surface area contributed by atoms with Crippen molar-refractivity contribution in [2.45, 2.75) is 85.0 Å². The second kappa shape index (κ2) is 13.9. The van der Waals surface area contributed by atoms with Gasteiger partial charge in [-0.05, 0) is 92.7 Å². The number of hydrogen-bond acceptors (Lipinski definition) is 2. The zero-order valence-corrected chi connectivity index (χ0v) is 20.0. The van der Waals surface area contributed by atoms with Gasteiger partial charge >= 0.3 is 5.97 Å². The van der Waals surface area contributed by atoms with Gasteiger partial charge in [-0.3, -0.25) is 4.79 Å². The van der Waals surface area contributed by atoms with Crippen LogP contribution in [0.1, 0.15) is 80.5 Å². The Balaban J connectivity index is 1.79. The summed E-state index contributed by atoms with van der Waals surface area (Å²) in [5, 5.41) is 8.69. The summed E-state index contributed by atoms with van der Waals surface area (Å²) in [6.45, 7) is 7.07. The molecule has 0 aliphatic carbocycles. The Bertz CT molecular complexity index is 847. The molecule has 1 N–H and O–H groups in total. The molecule has 2 aromatic rings. The fourth-order valence-corrected chi connectivity index (χ4v) is 4.08. The number of aliphatic carboxylic acids is 1. The third kappa shape index (κ3) is 9.42. The van der Waals surface area contributed by atoms with E-state index in [1.165, 1.54) is 42.0 Å². The van der Waals surface area contributed by atoms with Crippen LogP contribution in [-0.4, -0.2) is 17.7 Å². The minimum absolute atomic E-state index is 0.159. The van der Waals surface area contributed by atoms with Crippen LogP contribution in [0.4, 0.5) is 4.39 Å². The fourth-order valence-electron chi connectivity index (χ4n) is 4.08. The van der Waals surface area contributed by atoms with Crippen LogP contribution in [-0.2, 0) is 17.6 Å². The van der Waals surface area contributed by atoms with Gasteiger partial charge in [0.05, 0.1) is 6.61 Å². The monoisotopic (exact) mass is 442 g/mol. The Morgan fingerprint density at radius 1 is 0.969 bits per heavy atom. The number of unbranched alkanes of at least 4 members (excludes halogenated alkanes) is 2. The van der Waals surface area contributed by atoms with E-state index in [1.807, 2.05) is 6.07 Å². The van der Waals surface area contributed by atoms with E-state index in [0.29, 0.717) is 31.1 Å². The number of carboxylic acid groups (broad SMARTS) is 1. The van der Waals surface area contributed by atoms with E-state index in [4.69, 9.17) is 9.84 Å². The minimum Gasteiger partial charge on any atom is -0.491 e. The van der Waals surface area contributed by atoms with E-state index in [-0.39, 0.29) is 12.2 Å². The molecular weight excluding hydrogens is 403 g/mol. The third-order valence-electron chi connectivity index (χ3n) is 6.18. The van der Waals surface area contributed by atoms with Gasteiger partial charge in [0.2, 0.25) is 0 Å². The van der Waals surface area contributed by atoms with Gasteiger partial charge in [-0.25, -0.2) is 4.39 Å². The van der Waals surface area contributed by atoms with Crippen LogP contribution in [0, 0.1) is 25.6 Å². The molecule has 0 bridgehead atoms. The highest BCUT2D eigenvalue weighted by Gasteiger charge is 2.11. The van der Waals surface area contributed by atoms with E-state index in [0.717, 1.165) is 31.2 Å². The second-order valence-electron chi connectivity index (χ2n) is 8.99. The lowest BCUT2D eigenvalue weighted by Crippen LogP contribution is -2.08. The fraction of sp³-hybridized carbons (Fsp3) is 0.536. The molecule has 0 saturated heterocycles. The molecule has 0 heterocycles. The van der Waals surface area contributed by atoms with E-state index in [9.17, 15) is 9.18 Å². The van der Waals surface area contributed by atoms with Gasteiger partial charge in [-0.1, -0.05) is 50.5 Å². The molecule has 0 aliphatic heterocycles. The maximum absolute atomic E-state index is 14.4. The average Bonchev–Trinajstić information content (AvgIpc) is 2.76. The number of halogens is 1. The van der Waals surface area contributed by atoms with Crippen LogP contribution in [0.5, 0.6) is 5.75 Å². The van der Waals surface area contributed by atoms with Gasteiger partial charge in [0.15, 0.2) is 11.6 Å². The first kappa shape index (κ1) is 25.9. The Morgan fingerprint density at radius 3 is 2.41 bits per heavy atom. The third-order valence-corrected chi connectivity index (χ3v) is 6.18. The summed E-state index contributed by atoms with van der Waals surface area (Å²) in [6.07, 6.45) is 8.93. The lowest BCUT2D eigenvalue weighted by molar-refractivity contribution is -0.137. The molecule has 0 saturated carbocycles. The van der Waals surface area contributed by atoms with Crippen LogP contribution in [0.2, 0.25) is 0 Å². The molecule has 0 aromatic heterocycles. The zero-order valence-electron chi connectivity index (χ0n) is 20.0. The van der Waals surface area contributed by atoms with Crippen molar-refractivity contribution >= 4 is 5.97 Å². The van der Waals surface area contributed by atoms with Crippen molar-refractivity contribution in [2.75, 3.05) is 6.61 Å². The number of carboxylic acids is 1. The summed E-state index contributed by atoms with van der Waals surface area (Å²) in [6, 6.07) is 11.9. The molecule has 0 spiro atoms. The normalized spacial score (nSPS) is 12.0. The quantitative estimate of drug-likeness (QED) is 0.291. The molecule has 3 nitrogen and oxygen atoms in total. The van der Waals surface area contributed by atoms with Crippen molar-refractivity contribution in [3.05, 3.63) is 64.5 Å².